The molecule has 15 heteroatoms. The number of phosphoric acid groups is 1. The van der Waals surface area contributed by atoms with Gasteiger partial charge < -0.3 is 43.8 Å². The lowest BCUT2D eigenvalue weighted by molar-refractivity contribution is -0.870. The van der Waals surface area contributed by atoms with Crippen LogP contribution in [0.2, 0.25) is 0 Å². The molecule has 0 radical (unpaired) electrons. The van der Waals surface area contributed by atoms with Crippen molar-refractivity contribution < 1.29 is 57.1 Å². The van der Waals surface area contributed by atoms with Gasteiger partial charge in [-0.25, -0.2) is 0 Å². The molecule has 64 heavy (non-hydrogen) atoms. The van der Waals surface area contributed by atoms with Gasteiger partial charge in [-0.2, -0.15) is 0 Å². The second kappa shape index (κ2) is 40.0. The van der Waals surface area contributed by atoms with Crippen LogP contribution < -0.4 is 10.6 Å². The minimum Gasteiger partial charge on any atom is -0.756 e. The van der Waals surface area contributed by atoms with E-state index in [4.69, 9.17) is 29.4 Å². The largest absolute Gasteiger partial charge is 0.756 e. The molecule has 0 bridgehead atoms. The van der Waals surface area contributed by atoms with Gasteiger partial charge in [-0.15, -0.1) is 11.8 Å². The zero-order valence-corrected chi connectivity index (χ0v) is 41.1. The van der Waals surface area contributed by atoms with Gasteiger partial charge in [0.05, 0.1) is 33.9 Å². The van der Waals surface area contributed by atoms with E-state index in [-0.39, 0.29) is 38.0 Å². The van der Waals surface area contributed by atoms with E-state index in [9.17, 15) is 28.9 Å². The summed E-state index contributed by atoms with van der Waals surface area (Å²) in [5.74, 6) is -2.36. The van der Waals surface area contributed by atoms with Crippen molar-refractivity contribution in [3.05, 3.63) is 97.2 Å². The highest BCUT2D eigenvalue weighted by Gasteiger charge is 2.25. The maximum absolute atomic E-state index is 13.0. The number of hydrogen-bond acceptors (Lipinski definition) is 12. The van der Waals surface area contributed by atoms with Crippen LogP contribution in [0.15, 0.2) is 97.2 Å². The van der Waals surface area contributed by atoms with Crippen molar-refractivity contribution in [2.45, 2.75) is 140 Å². The number of nitrogens with zero attached hydrogens (tertiary/aromatic N) is 1. The lowest BCUT2D eigenvalue weighted by atomic mass is 10.1. The quantitative estimate of drug-likeness (QED) is 0.0132. The highest BCUT2D eigenvalue weighted by molar-refractivity contribution is 8.00. The predicted octanol–water partition coefficient (Wildman–Crippen LogP) is 9.25. The van der Waals surface area contributed by atoms with Crippen LogP contribution in [0.3, 0.4) is 0 Å². The number of carbonyl (C=O) groups is 3. The molecule has 0 aliphatic rings. The number of carbonyl (C=O) groups excluding carboxylic acids is 2. The summed E-state index contributed by atoms with van der Waals surface area (Å²) < 4.78 is 33.9. The number of aliphatic carboxylic acids is 1. The van der Waals surface area contributed by atoms with Crippen molar-refractivity contribution in [3.63, 3.8) is 0 Å². The molecule has 5 atom stereocenters. The van der Waals surface area contributed by atoms with Crippen LogP contribution in [0, 0.1) is 0 Å². The number of rotatable bonds is 40. The summed E-state index contributed by atoms with van der Waals surface area (Å²) >= 11 is 1.21. The number of quaternary nitrogens is 1. The van der Waals surface area contributed by atoms with E-state index in [1.54, 1.807) is 12.2 Å². The summed E-state index contributed by atoms with van der Waals surface area (Å²) in [6.45, 7) is 3.42. The van der Waals surface area contributed by atoms with Crippen molar-refractivity contribution in [1.82, 2.24) is 0 Å². The van der Waals surface area contributed by atoms with Crippen molar-refractivity contribution >= 4 is 37.5 Å². The fraction of sp³-hybridized carbons (Fsp3) is 0.612. The number of unbranched alkanes of at least 4 members (excludes halogenated alkanes) is 5. The lowest BCUT2D eigenvalue weighted by Gasteiger charge is -2.28. The van der Waals surface area contributed by atoms with E-state index in [0.29, 0.717) is 17.4 Å². The highest BCUT2D eigenvalue weighted by Crippen LogP contribution is 2.38. The maximum atomic E-state index is 13.0. The van der Waals surface area contributed by atoms with Gasteiger partial charge in [0.2, 0.25) is 0 Å². The Morgan fingerprint density at radius 2 is 1.34 bits per heavy atom. The van der Waals surface area contributed by atoms with Crippen LogP contribution in [0.1, 0.15) is 117 Å². The van der Waals surface area contributed by atoms with Gasteiger partial charge in [-0.05, 0) is 77.0 Å². The van der Waals surface area contributed by atoms with E-state index in [2.05, 4.69) is 74.6 Å². The van der Waals surface area contributed by atoms with E-state index in [0.717, 1.165) is 51.4 Å². The minimum atomic E-state index is -4.78. The highest BCUT2D eigenvalue weighted by atomic mass is 32.2. The molecule has 0 rings (SSSR count). The molecule has 0 amide bonds. The second-order valence-corrected chi connectivity index (χ2v) is 18.9. The summed E-state index contributed by atoms with van der Waals surface area (Å²) in [5.41, 5.74) is 6.19. The molecule has 0 saturated heterocycles. The molecule has 0 saturated carbocycles. The molecule has 0 aliphatic heterocycles. The molecule has 0 heterocycles. The Morgan fingerprint density at radius 1 is 0.750 bits per heavy atom. The van der Waals surface area contributed by atoms with Crippen LogP contribution >= 0.6 is 19.6 Å². The van der Waals surface area contributed by atoms with Gasteiger partial charge in [-0.1, -0.05) is 124 Å². The monoisotopic (exact) mass is 937 g/mol. The molecule has 0 aromatic rings. The Morgan fingerprint density at radius 3 is 1.95 bits per heavy atom. The molecule has 0 aromatic heterocycles. The summed E-state index contributed by atoms with van der Waals surface area (Å²) in [7, 11) is 0.861. The number of thioether (sulfide) groups is 1. The number of esters is 2. The van der Waals surface area contributed by atoms with Gasteiger partial charge in [0.25, 0.3) is 7.82 Å². The molecule has 0 aromatic carbocycles. The number of phosphoric ester groups is 1. The predicted molar refractivity (Wildman–Crippen MR) is 259 cm³/mol. The zero-order valence-electron chi connectivity index (χ0n) is 39.3. The fourth-order valence-corrected chi connectivity index (χ4v) is 7.23. The topological polar surface area (TPSA) is 195 Å². The molecule has 4 N–H and O–H groups in total. The van der Waals surface area contributed by atoms with Gasteiger partial charge in [0, 0.05) is 23.8 Å². The molecular weight excluding hydrogens is 856 g/mol. The first-order chi connectivity index (χ1) is 30.6. The number of allylic oxidation sites excluding steroid dienone is 15. The second-order valence-electron chi connectivity index (χ2n) is 16.2. The average Bonchev–Trinajstić information content (AvgIpc) is 3.23. The molecular formula is C49H81N2O11PS. The van der Waals surface area contributed by atoms with E-state index in [1.807, 2.05) is 45.4 Å². The van der Waals surface area contributed by atoms with Crippen LogP contribution in [-0.4, -0.2) is 109 Å². The molecule has 0 aliphatic carbocycles. The fourth-order valence-electron chi connectivity index (χ4n) is 5.38. The summed E-state index contributed by atoms with van der Waals surface area (Å²) in [5, 5.41) is 19.5. The molecule has 364 valence electrons. The summed E-state index contributed by atoms with van der Waals surface area (Å²) in [4.78, 5) is 49.4. The SMILES string of the molecule is CC/C=C\C/C=C\C/C=C\C/C=C\CCCCC(=O)O[C@H](COC(=O)[C@@H](N)CS[C@H](/C=C/C=C/C=C\C/C=C\CCCCC)[C@@H](O)CCCC(=O)O)COP(=O)([O-])OCC[N+](C)(C)C. The summed E-state index contributed by atoms with van der Waals surface area (Å²) in [6.07, 6.45) is 42.0. The van der Waals surface area contributed by atoms with Crippen molar-refractivity contribution in [2.75, 3.05) is 53.3 Å². The number of aliphatic hydroxyl groups excluding tert-OH is 1. The number of ether oxygens (including phenoxy) is 2. The Bertz CT molecular complexity index is 1530. The van der Waals surface area contributed by atoms with Crippen molar-refractivity contribution in [1.29, 1.82) is 0 Å². The van der Waals surface area contributed by atoms with Crippen molar-refractivity contribution in [2.24, 2.45) is 5.73 Å². The van der Waals surface area contributed by atoms with Gasteiger partial charge in [-0.3, -0.25) is 18.9 Å². The summed E-state index contributed by atoms with van der Waals surface area (Å²) in [6, 6.07) is -1.15. The molecule has 13 nitrogen and oxygen atoms in total. The third kappa shape index (κ3) is 40.2. The zero-order chi connectivity index (χ0) is 47.7. The normalized spacial score (nSPS) is 15.8. The average molecular weight is 937 g/mol. The van der Waals surface area contributed by atoms with E-state index < -0.39 is 62.4 Å². The molecule has 1 unspecified atom stereocenters. The number of carboxylic acid groups (broad SMARTS) is 1. The molecule has 0 spiro atoms. The van der Waals surface area contributed by atoms with Gasteiger partial charge >= 0.3 is 17.9 Å². The number of likely N-dealkylation sites (N-methyl/N-ethyl adjacent to an activating group) is 1. The third-order valence-electron chi connectivity index (χ3n) is 9.08. The number of hydrogen-bond donors (Lipinski definition) is 3. The standard InChI is InChI=1S/C49H81N2O11PS/c1-6-8-10-12-14-16-18-20-21-22-24-26-28-30-32-37-48(55)62-43(41-61-63(57,58)60-39-38-51(3,4)5)40-59-49(56)44(50)42-64-46(45(52)34-33-36-47(53)54)35-31-29-27-25-23-19-17-15-13-11-9-7-2/h8,10,14-17,20-21,23-27,29,31,35,43-46,52H,6-7,9,11-13,18-19,22,28,30,32-34,36-42,50H2,1-5H3,(H-,53,54,57,58)/b10-8-,16-14-,17-15-,21-20-,25-23-,26-24-,29-27+,35-31+/t43-,44+,45+,46-/m1/s1. The van der Waals surface area contributed by atoms with Gasteiger partial charge in [0.1, 0.15) is 25.8 Å². The van der Waals surface area contributed by atoms with E-state index >= 15 is 0 Å². The Balaban J connectivity index is 5.33. The Hall–Kier alpha value is -3.33. The molecule has 0 fully saturated rings. The lowest BCUT2D eigenvalue weighted by Crippen LogP contribution is -2.39. The number of nitrogens with two attached hydrogens (primary N) is 1. The van der Waals surface area contributed by atoms with Crippen LogP contribution in [0.5, 0.6) is 0 Å². The Kier molecular flexibility index (Phi) is 37.9. The maximum Gasteiger partial charge on any atom is 0.323 e. The number of carboxylic acids is 1. The van der Waals surface area contributed by atoms with Crippen LogP contribution in [0.4, 0.5) is 0 Å². The Labute approximate surface area is 389 Å². The van der Waals surface area contributed by atoms with Crippen LogP contribution in [-0.2, 0) is 37.5 Å². The first kappa shape index (κ1) is 60.7. The number of aliphatic hydroxyl groups is 1. The first-order valence-corrected chi connectivity index (χ1v) is 25.4. The minimum absolute atomic E-state index is 0.0359. The first-order valence-electron chi connectivity index (χ1n) is 22.9. The smallest absolute Gasteiger partial charge is 0.323 e. The third-order valence-corrected chi connectivity index (χ3v) is 11.5. The van der Waals surface area contributed by atoms with E-state index in [1.165, 1.54) is 31.0 Å². The van der Waals surface area contributed by atoms with Gasteiger partial charge in [0.15, 0.2) is 6.10 Å². The van der Waals surface area contributed by atoms with Crippen LogP contribution in [0.25, 0.3) is 0 Å². The van der Waals surface area contributed by atoms with Crippen molar-refractivity contribution in [3.8, 4) is 0 Å².